The molecule has 29 heavy (non-hydrogen) atoms. The van der Waals surface area contributed by atoms with E-state index >= 15 is 0 Å². The van der Waals surface area contributed by atoms with E-state index in [4.69, 9.17) is 9.47 Å². The van der Waals surface area contributed by atoms with Crippen molar-refractivity contribution in [3.63, 3.8) is 0 Å². The fourth-order valence-electron chi connectivity index (χ4n) is 4.20. The normalized spacial score (nSPS) is 20.6. The second-order valence-corrected chi connectivity index (χ2v) is 7.83. The molecule has 0 N–H and O–H groups in total. The minimum absolute atomic E-state index is 0.124. The maximum Gasteiger partial charge on any atom is 0.308 e. The Labute approximate surface area is 171 Å². The predicted molar refractivity (Wildman–Crippen MR) is 108 cm³/mol. The van der Waals surface area contributed by atoms with Gasteiger partial charge in [-0.1, -0.05) is 0 Å². The molecular formula is C22H29N3O4. The van der Waals surface area contributed by atoms with Crippen LogP contribution in [0.4, 0.5) is 0 Å². The summed E-state index contributed by atoms with van der Waals surface area (Å²) in [6.45, 7) is 6.56. The highest BCUT2D eigenvalue weighted by Crippen LogP contribution is 2.24. The number of piperidine rings is 1. The highest BCUT2D eigenvalue weighted by atomic mass is 16.5. The number of rotatable bonds is 5. The summed E-state index contributed by atoms with van der Waals surface area (Å²) in [6, 6.07) is 4.08. The van der Waals surface area contributed by atoms with Gasteiger partial charge in [-0.15, -0.1) is 0 Å². The Balaban J connectivity index is 1.72. The SMILES string of the molecule is COC(=O)C1CCN(C(=O)/C(C#N)=C/c2cc(C)n(CC3CCCO3)c2C)CC1. The molecular weight excluding hydrogens is 370 g/mol. The van der Waals surface area contributed by atoms with Crippen molar-refractivity contribution in [1.29, 1.82) is 5.26 Å². The van der Waals surface area contributed by atoms with Crippen LogP contribution in [-0.4, -0.2) is 54.3 Å². The fourth-order valence-corrected chi connectivity index (χ4v) is 4.20. The standard InChI is InChI=1S/C22H29N3O4/c1-15-11-18(16(2)25(15)14-20-5-4-10-29-20)12-19(13-23)21(26)24-8-6-17(7-9-24)22(27)28-3/h11-12,17,20H,4-10,14H2,1-3H3/b19-12+. The quantitative estimate of drug-likeness (QED) is 0.432. The number of aryl methyl sites for hydroxylation is 1. The first kappa shape index (κ1) is 21.1. The minimum atomic E-state index is -0.278. The van der Waals surface area contributed by atoms with E-state index in [9.17, 15) is 14.9 Å². The minimum Gasteiger partial charge on any atom is -0.469 e. The van der Waals surface area contributed by atoms with Gasteiger partial charge in [0, 0.05) is 37.6 Å². The number of nitrogens with zero attached hydrogens (tertiary/aromatic N) is 3. The molecule has 0 aromatic carbocycles. The van der Waals surface area contributed by atoms with Crippen LogP contribution >= 0.6 is 0 Å². The Morgan fingerprint density at radius 1 is 1.31 bits per heavy atom. The molecule has 3 rings (SSSR count). The van der Waals surface area contributed by atoms with E-state index in [1.807, 2.05) is 19.9 Å². The number of carbonyl (C=O) groups excluding carboxylic acids is 2. The van der Waals surface area contributed by atoms with Crippen LogP contribution in [0, 0.1) is 31.1 Å². The first-order chi connectivity index (χ1) is 13.9. The van der Waals surface area contributed by atoms with E-state index < -0.39 is 0 Å². The zero-order chi connectivity index (χ0) is 21.0. The van der Waals surface area contributed by atoms with Crippen molar-refractivity contribution in [3.8, 4) is 6.07 Å². The number of esters is 1. The molecule has 0 saturated carbocycles. The third kappa shape index (κ3) is 4.70. The third-order valence-electron chi connectivity index (χ3n) is 5.99. The number of ether oxygens (including phenoxy) is 2. The highest BCUT2D eigenvalue weighted by Gasteiger charge is 2.29. The molecule has 1 atom stereocenters. The molecule has 7 nitrogen and oxygen atoms in total. The van der Waals surface area contributed by atoms with Crippen molar-refractivity contribution >= 4 is 18.0 Å². The molecule has 2 saturated heterocycles. The molecule has 1 unspecified atom stereocenters. The van der Waals surface area contributed by atoms with Crippen LogP contribution in [0.3, 0.4) is 0 Å². The molecule has 1 amide bonds. The summed E-state index contributed by atoms with van der Waals surface area (Å²) < 4.78 is 12.7. The van der Waals surface area contributed by atoms with Gasteiger partial charge in [0.25, 0.3) is 5.91 Å². The van der Waals surface area contributed by atoms with Crippen LogP contribution in [0.5, 0.6) is 0 Å². The van der Waals surface area contributed by atoms with Crippen LogP contribution < -0.4 is 0 Å². The van der Waals surface area contributed by atoms with Gasteiger partial charge in [0.2, 0.25) is 0 Å². The molecule has 0 bridgehead atoms. The van der Waals surface area contributed by atoms with Crippen molar-refractivity contribution in [2.24, 2.45) is 5.92 Å². The van der Waals surface area contributed by atoms with Gasteiger partial charge in [-0.05, 0) is 57.2 Å². The van der Waals surface area contributed by atoms with Gasteiger partial charge in [0.15, 0.2) is 0 Å². The van der Waals surface area contributed by atoms with Gasteiger partial charge in [0.1, 0.15) is 11.6 Å². The van der Waals surface area contributed by atoms with Gasteiger partial charge in [-0.25, -0.2) is 0 Å². The van der Waals surface area contributed by atoms with E-state index in [0.717, 1.165) is 42.9 Å². The van der Waals surface area contributed by atoms with Crippen molar-refractivity contribution in [1.82, 2.24) is 9.47 Å². The van der Waals surface area contributed by atoms with E-state index in [0.29, 0.717) is 25.9 Å². The maximum atomic E-state index is 12.9. The zero-order valence-electron chi connectivity index (χ0n) is 17.4. The first-order valence-corrected chi connectivity index (χ1v) is 10.2. The summed E-state index contributed by atoms with van der Waals surface area (Å²) >= 11 is 0. The average Bonchev–Trinajstić information content (AvgIpc) is 3.35. The summed E-state index contributed by atoms with van der Waals surface area (Å²) in [4.78, 5) is 26.2. The molecule has 3 heterocycles. The van der Waals surface area contributed by atoms with E-state index in [-0.39, 0.29) is 29.5 Å². The molecule has 0 radical (unpaired) electrons. The lowest BCUT2D eigenvalue weighted by molar-refractivity contribution is -0.148. The number of aromatic nitrogens is 1. The fraction of sp³-hybridized carbons (Fsp3) is 0.591. The topological polar surface area (TPSA) is 84.6 Å². The predicted octanol–water partition coefficient (Wildman–Crippen LogP) is 2.60. The lowest BCUT2D eigenvalue weighted by Crippen LogP contribution is -2.41. The smallest absolute Gasteiger partial charge is 0.308 e. The van der Waals surface area contributed by atoms with Crippen molar-refractivity contribution < 1.29 is 19.1 Å². The largest absolute Gasteiger partial charge is 0.469 e. The summed E-state index contributed by atoms with van der Waals surface area (Å²) in [5.41, 5.74) is 3.13. The Morgan fingerprint density at radius 2 is 2.03 bits per heavy atom. The average molecular weight is 399 g/mol. The molecule has 7 heteroatoms. The number of nitriles is 1. The molecule has 1 aromatic heterocycles. The first-order valence-electron chi connectivity index (χ1n) is 10.2. The van der Waals surface area contributed by atoms with Crippen molar-refractivity contribution in [3.05, 3.63) is 28.6 Å². The molecule has 1 aromatic rings. The van der Waals surface area contributed by atoms with Gasteiger partial charge in [-0.2, -0.15) is 5.26 Å². The van der Waals surface area contributed by atoms with Gasteiger partial charge < -0.3 is 18.9 Å². The van der Waals surface area contributed by atoms with E-state index in [2.05, 4.69) is 10.6 Å². The number of carbonyl (C=O) groups is 2. The van der Waals surface area contributed by atoms with Crippen molar-refractivity contribution in [2.75, 3.05) is 26.8 Å². The molecule has 2 aliphatic rings. The number of hydrogen-bond acceptors (Lipinski definition) is 5. The van der Waals surface area contributed by atoms with Crippen molar-refractivity contribution in [2.45, 2.75) is 52.2 Å². The Kier molecular flexibility index (Phi) is 6.75. The van der Waals surface area contributed by atoms with Crippen LogP contribution in [0.15, 0.2) is 11.6 Å². The third-order valence-corrected chi connectivity index (χ3v) is 5.99. The Bertz CT molecular complexity index is 835. The molecule has 0 aliphatic carbocycles. The maximum absolute atomic E-state index is 12.9. The monoisotopic (exact) mass is 399 g/mol. The summed E-state index contributed by atoms with van der Waals surface area (Å²) in [6.07, 6.45) is 5.19. The molecule has 156 valence electrons. The van der Waals surface area contributed by atoms with Gasteiger partial charge in [0.05, 0.1) is 19.1 Å². The van der Waals surface area contributed by atoms with Crippen LogP contribution in [0.1, 0.15) is 42.6 Å². The molecule has 2 fully saturated rings. The Hall–Kier alpha value is -2.59. The summed E-state index contributed by atoms with van der Waals surface area (Å²) in [5, 5.41) is 9.60. The lowest BCUT2D eigenvalue weighted by atomic mass is 9.96. The molecule has 0 spiro atoms. The second kappa shape index (κ2) is 9.27. The highest BCUT2D eigenvalue weighted by molar-refractivity contribution is 6.02. The Morgan fingerprint density at radius 3 is 2.62 bits per heavy atom. The number of hydrogen-bond donors (Lipinski definition) is 0. The van der Waals surface area contributed by atoms with Gasteiger partial charge in [-0.3, -0.25) is 9.59 Å². The lowest BCUT2D eigenvalue weighted by Gasteiger charge is -2.30. The van der Waals surface area contributed by atoms with Gasteiger partial charge >= 0.3 is 5.97 Å². The van der Waals surface area contributed by atoms with E-state index in [1.165, 1.54) is 7.11 Å². The summed E-state index contributed by atoms with van der Waals surface area (Å²) in [5.74, 6) is -0.679. The number of likely N-dealkylation sites (tertiary alicyclic amines) is 1. The number of amides is 1. The van der Waals surface area contributed by atoms with Crippen LogP contribution in [0.25, 0.3) is 6.08 Å². The zero-order valence-corrected chi connectivity index (χ0v) is 17.4. The van der Waals surface area contributed by atoms with Crippen LogP contribution in [0.2, 0.25) is 0 Å². The summed E-state index contributed by atoms with van der Waals surface area (Å²) in [7, 11) is 1.38. The van der Waals surface area contributed by atoms with Crippen LogP contribution in [-0.2, 0) is 25.6 Å². The number of methoxy groups -OCH3 is 1. The second-order valence-electron chi connectivity index (χ2n) is 7.83. The van der Waals surface area contributed by atoms with E-state index in [1.54, 1.807) is 11.0 Å². The molecule has 2 aliphatic heterocycles.